The second-order valence-corrected chi connectivity index (χ2v) is 5.98. The molecule has 3 rings (SSSR count). The molecule has 120 valence electrons. The van der Waals surface area contributed by atoms with Crippen LogP contribution in [0, 0.1) is 0 Å². The Labute approximate surface area is 135 Å². The number of carbonyl (C=O) groups excluding carboxylic acids is 2. The summed E-state index contributed by atoms with van der Waals surface area (Å²) in [5.74, 6) is 0.248. The number of ketones is 1. The van der Waals surface area contributed by atoms with E-state index in [0.717, 1.165) is 6.42 Å². The number of allylic oxidation sites excluding steroid dienone is 2. The highest BCUT2D eigenvalue weighted by Crippen LogP contribution is 2.40. The summed E-state index contributed by atoms with van der Waals surface area (Å²) in [6.45, 7) is 2.96. The van der Waals surface area contributed by atoms with Gasteiger partial charge in [0.1, 0.15) is 11.4 Å². The summed E-state index contributed by atoms with van der Waals surface area (Å²) in [6.07, 6.45) is 7.03. The van der Waals surface area contributed by atoms with Crippen LogP contribution in [0.15, 0.2) is 42.0 Å². The molecule has 5 heteroatoms. The lowest BCUT2D eigenvalue weighted by Crippen LogP contribution is -2.42. The largest absolute Gasteiger partial charge is 0.482 e. The second kappa shape index (κ2) is 6.01. The lowest BCUT2D eigenvalue weighted by molar-refractivity contribution is 0.0806. The van der Waals surface area contributed by atoms with Crippen LogP contribution in [0.5, 0.6) is 5.75 Å². The molecule has 1 aromatic rings. The van der Waals surface area contributed by atoms with Gasteiger partial charge in [0, 0.05) is 24.1 Å². The molecule has 5 nitrogen and oxygen atoms in total. The van der Waals surface area contributed by atoms with Crippen molar-refractivity contribution in [1.29, 1.82) is 0 Å². The summed E-state index contributed by atoms with van der Waals surface area (Å²) in [7, 11) is 0. The Morgan fingerprint density at radius 2 is 2.26 bits per heavy atom. The number of rotatable bonds is 4. The Morgan fingerprint density at radius 1 is 1.43 bits per heavy atom. The maximum Gasteiger partial charge on any atom is 0.251 e. The molecule has 3 N–H and O–H groups in total. The first kappa shape index (κ1) is 15.5. The van der Waals surface area contributed by atoms with Crippen molar-refractivity contribution in [3.05, 3.63) is 53.1 Å². The molecule has 1 aromatic carbocycles. The van der Waals surface area contributed by atoms with Gasteiger partial charge in [-0.1, -0.05) is 18.2 Å². The standard InChI is InChI=1S/C18H20N2O3/c1-18-8-3-2-5-14(18)16(21)13-11-12(6-7-15(13)23-18)17(22)20-10-4-9-19/h2-3,5-7,11H,4,8-10,19H2,1H3,(H,20,22). The lowest BCUT2D eigenvalue weighted by Gasteiger charge is -2.37. The van der Waals surface area contributed by atoms with E-state index in [2.05, 4.69) is 5.32 Å². The molecule has 0 aromatic heterocycles. The molecular formula is C18H20N2O3. The number of hydrogen-bond acceptors (Lipinski definition) is 4. The minimum Gasteiger partial charge on any atom is -0.482 e. The van der Waals surface area contributed by atoms with E-state index in [1.165, 1.54) is 0 Å². The van der Waals surface area contributed by atoms with Crippen molar-refractivity contribution in [3.63, 3.8) is 0 Å². The van der Waals surface area contributed by atoms with E-state index < -0.39 is 5.60 Å². The number of carbonyl (C=O) groups is 2. The highest BCUT2D eigenvalue weighted by Gasteiger charge is 2.41. The van der Waals surface area contributed by atoms with Crippen LogP contribution in [0.4, 0.5) is 0 Å². The third kappa shape index (κ3) is 2.80. The number of fused-ring (bicyclic) bond motifs is 2. The molecule has 0 spiro atoms. The Hall–Kier alpha value is -2.40. The SMILES string of the molecule is CC12CC=CC=C1C(=O)c1cc(C(=O)NCCCN)ccc1O2. The maximum atomic E-state index is 12.8. The van der Waals surface area contributed by atoms with Crippen molar-refractivity contribution in [1.82, 2.24) is 5.32 Å². The molecule has 0 saturated heterocycles. The Balaban J connectivity index is 1.90. The number of ether oxygens (including phenoxy) is 1. The normalized spacial score (nSPS) is 21.8. The minimum absolute atomic E-state index is 0.0743. The highest BCUT2D eigenvalue weighted by molar-refractivity contribution is 6.14. The van der Waals surface area contributed by atoms with Crippen LogP contribution in [-0.2, 0) is 0 Å². The minimum atomic E-state index is -0.621. The number of Topliss-reactive ketones (excluding diaryl/α,β-unsaturated/α-hetero) is 1. The van der Waals surface area contributed by atoms with Crippen LogP contribution in [0.25, 0.3) is 0 Å². The molecule has 0 fully saturated rings. The average Bonchev–Trinajstić information content (AvgIpc) is 2.54. The van der Waals surface area contributed by atoms with Gasteiger partial charge in [0.05, 0.1) is 5.56 Å². The van der Waals surface area contributed by atoms with Gasteiger partial charge in [-0.2, -0.15) is 0 Å². The zero-order valence-corrected chi connectivity index (χ0v) is 13.1. The van der Waals surface area contributed by atoms with Gasteiger partial charge in [0.2, 0.25) is 0 Å². The van der Waals surface area contributed by atoms with E-state index >= 15 is 0 Å². The smallest absolute Gasteiger partial charge is 0.251 e. The number of hydrogen-bond donors (Lipinski definition) is 2. The van der Waals surface area contributed by atoms with E-state index in [4.69, 9.17) is 10.5 Å². The molecule has 0 saturated carbocycles. The molecule has 2 aliphatic rings. The van der Waals surface area contributed by atoms with Gasteiger partial charge in [-0.25, -0.2) is 0 Å². The predicted molar refractivity (Wildman–Crippen MR) is 87.7 cm³/mol. The summed E-state index contributed by atoms with van der Waals surface area (Å²) in [5, 5.41) is 2.79. The molecule has 1 aliphatic heterocycles. The van der Waals surface area contributed by atoms with Crippen LogP contribution in [0.2, 0.25) is 0 Å². The summed E-state index contributed by atoms with van der Waals surface area (Å²) >= 11 is 0. The van der Waals surface area contributed by atoms with Gasteiger partial charge in [0.15, 0.2) is 5.78 Å². The fourth-order valence-electron chi connectivity index (χ4n) is 2.89. The summed E-state index contributed by atoms with van der Waals surface area (Å²) < 4.78 is 6.04. The van der Waals surface area contributed by atoms with Crippen molar-refractivity contribution in [2.75, 3.05) is 13.1 Å². The molecule has 23 heavy (non-hydrogen) atoms. The van der Waals surface area contributed by atoms with Gasteiger partial charge in [-0.05, 0) is 38.1 Å². The average molecular weight is 312 g/mol. The van der Waals surface area contributed by atoms with E-state index in [1.54, 1.807) is 24.3 Å². The maximum absolute atomic E-state index is 12.8. The molecule has 1 amide bonds. The topological polar surface area (TPSA) is 81.4 Å². The van der Waals surface area contributed by atoms with E-state index in [1.807, 2.05) is 19.1 Å². The molecule has 1 atom stereocenters. The molecule has 1 unspecified atom stereocenters. The Morgan fingerprint density at radius 3 is 3.04 bits per heavy atom. The molecule has 0 bridgehead atoms. The van der Waals surface area contributed by atoms with Crippen LogP contribution in [0.1, 0.15) is 40.5 Å². The second-order valence-electron chi connectivity index (χ2n) is 5.98. The summed E-state index contributed by atoms with van der Waals surface area (Å²) in [5.41, 5.74) is 6.32. The lowest BCUT2D eigenvalue weighted by atomic mass is 9.80. The fourth-order valence-corrected chi connectivity index (χ4v) is 2.89. The van der Waals surface area contributed by atoms with Crippen LogP contribution in [0.3, 0.4) is 0 Å². The van der Waals surface area contributed by atoms with E-state index in [-0.39, 0.29) is 11.7 Å². The quantitative estimate of drug-likeness (QED) is 0.833. The first-order valence-corrected chi connectivity index (χ1v) is 7.78. The van der Waals surface area contributed by atoms with Gasteiger partial charge >= 0.3 is 0 Å². The van der Waals surface area contributed by atoms with Crippen LogP contribution in [-0.4, -0.2) is 30.4 Å². The monoisotopic (exact) mass is 312 g/mol. The molecule has 1 aliphatic carbocycles. The zero-order chi connectivity index (χ0) is 16.4. The molecule has 1 heterocycles. The number of nitrogens with one attached hydrogen (secondary N) is 1. The summed E-state index contributed by atoms with van der Waals surface area (Å²) in [6, 6.07) is 4.99. The highest BCUT2D eigenvalue weighted by atomic mass is 16.5. The third-order valence-electron chi connectivity index (χ3n) is 4.21. The van der Waals surface area contributed by atoms with Gasteiger partial charge in [-0.3, -0.25) is 9.59 Å². The van der Waals surface area contributed by atoms with Crippen molar-refractivity contribution >= 4 is 11.7 Å². The zero-order valence-electron chi connectivity index (χ0n) is 13.1. The number of amides is 1. The first-order chi connectivity index (χ1) is 11.0. The van der Waals surface area contributed by atoms with Gasteiger partial charge < -0.3 is 15.8 Å². The van der Waals surface area contributed by atoms with Crippen molar-refractivity contribution in [2.45, 2.75) is 25.4 Å². The molecule has 0 radical (unpaired) electrons. The predicted octanol–water partition coefficient (Wildman–Crippen LogP) is 1.99. The third-order valence-corrected chi connectivity index (χ3v) is 4.21. The Kier molecular flexibility index (Phi) is 4.05. The molecular weight excluding hydrogens is 292 g/mol. The van der Waals surface area contributed by atoms with Crippen LogP contribution < -0.4 is 15.8 Å². The van der Waals surface area contributed by atoms with E-state index in [0.29, 0.717) is 42.0 Å². The van der Waals surface area contributed by atoms with Gasteiger partial charge in [0.25, 0.3) is 5.91 Å². The van der Waals surface area contributed by atoms with Gasteiger partial charge in [-0.15, -0.1) is 0 Å². The van der Waals surface area contributed by atoms with Crippen molar-refractivity contribution in [2.24, 2.45) is 5.73 Å². The summed E-state index contributed by atoms with van der Waals surface area (Å²) in [4.78, 5) is 24.9. The van der Waals surface area contributed by atoms with Crippen LogP contribution >= 0.6 is 0 Å². The van der Waals surface area contributed by atoms with Crippen molar-refractivity contribution < 1.29 is 14.3 Å². The number of benzene rings is 1. The van der Waals surface area contributed by atoms with Crippen molar-refractivity contribution in [3.8, 4) is 5.75 Å². The van der Waals surface area contributed by atoms with E-state index in [9.17, 15) is 9.59 Å². The first-order valence-electron chi connectivity index (χ1n) is 7.78. The fraction of sp³-hybridized carbons (Fsp3) is 0.333. The number of nitrogens with two attached hydrogens (primary N) is 1. The Bertz CT molecular complexity index is 721.